The van der Waals surface area contributed by atoms with E-state index in [-0.39, 0.29) is 5.75 Å². The van der Waals surface area contributed by atoms with Crippen molar-refractivity contribution in [3.05, 3.63) is 23.8 Å². The van der Waals surface area contributed by atoms with Crippen molar-refractivity contribution in [1.82, 2.24) is 5.32 Å². The van der Waals surface area contributed by atoms with E-state index < -0.39 is 0 Å². The molecule has 1 aromatic rings. The van der Waals surface area contributed by atoms with Gasteiger partial charge in [0.1, 0.15) is 0 Å². The van der Waals surface area contributed by atoms with Gasteiger partial charge in [0.2, 0.25) is 0 Å². The highest BCUT2D eigenvalue weighted by atomic mass is 16.5. The maximum absolute atomic E-state index is 9.79. The monoisotopic (exact) mass is 277 g/mol. The van der Waals surface area contributed by atoms with Gasteiger partial charge in [0.15, 0.2) is 11.5 Å². The molecule has 1 saturated carbocycles. The molecule has 112 valence electrons. The standard InChI is InChI=1S/C17H27NO2/c1-13(15-7-5-3-4-6-8-15)18-12-14-9-10-17(20-2)16(19)11-14/h9-11,13,15,18-19H,3-8,12H2,1-2H3/t13-/m0/s1. The molecule has 0 bridgehead atoms. The van der Waals surface area contributed by atoms with Crippen LogP contribution in [-0.2, 0) is 6.54 Å². The first kappa shape index (κ1) is 15.2. The number of methoxy groups -OCH3 is 1. The van der Waals surface area contributed by atoms with E-state index in [0.29, 0.717) is 11.8 Å². The first-order valence-electron chi connectivity index (χ1n) is 7.80. The van der Waals surface area contributed by atoms with Gasteiger partial charge in [-0.2, -0.15) is 0 Å². The predicted octanol–water partition coefficient (Wildman–Crippen LogP) is 3.85. The summed E-state index contributed by atoms with van der Waals surface area (Å²) in [6.07, 6.45) is 8.25. The summed E-state index contributed by atoms with van der Waals surface area (Å²) in [7, 11) is 1.57. The SMILES string of the molecule is COc1ccc(CN[C@@H](C)C2CCCCCC2)cc1O. The average molecular weight is 277 g/mol. The first-order valence-corrected chi connectivity index (χ1v) is 7.80. The van der Waals surface area contributed by atoms with Crippen LogP contribution in [0.3, 0.4) is 0 Å². The molecule has 0 unspecified atom stereocenters. The highest BCUT2D eigenvalue weighted by Crippen LogP contribution is 2.27. The summed E-state index contributed by atoms with van der Waals surface area (Å²) in [5.41, 5.74) is 1.10. The minimum atomic E-state index is 0.217. The number of phenols is 1. The van der Waals surface area contributed by atoms with Crippen LogP contribution in [0.4, 0.5) is 0 Å². The van der Waals surface area contributed by atoms with Gasteiger partial charge in [0.25, 0.3) is 0 Å². The van der Waals surface area contributed by atoms with Gasteiger partial charge in [-0.25, -0.2) is 0 Å². The molecule has 2 N–H and O–H groups in total. The molecule has 0 heterocycles. The molecule has 2 rings (SSSR count). The Morgan fingerprint density at radius 2 is 1.95 bits per heavy atom. The van der Waals surface area contributed by atoms with Crippen LogP contribution in [0.2, 0.25) is 0 Å². The van der Waals surface area contributed by atoms with Gasteiger partial charge >= 0.3 is 0 Å². The van der Waals surface area contributed by atoms with Crippen LogP contribution in [0.15, 0.2) is 18.2 Å². The molecule has 3 nitrogen and oxygen atoms in total. The molecule has 1 fully saturated rings. The number of hydrogen-bond acceptors (Lipinski definition) is 3. The van der Waals surface area contributed by atoms with Gasteiger partial charge in [0, 0.05) is 12.6 Å². The molecule has 0 amide bonds. The summed E-state index contributed by atoms with van der Waals surface area (Å²) < 4.78 is 5.06. The molecule has 0 radical (unpaired) electrons. The Hall–Kier alpha value is -1.22. The highest BCUT2D eigenvalue weighted by molar-refractivity contribution is 5.41. The van der Waals surface area contributed by atoms with Gasteiger partial charge in [-0.3, -0.25) is 0 Å². The van der Waals surface area contributed by atoms with E-state index in [1.54, 1.807) is 13.2 Å². The van der Waals surface area contributed by atoms with Crippen LogP contribution >= 0.6 is 0 Å². The molecule has 1 atom stereocenters. The third kappa shape index (κ3) is 4.14. The lowest BCUT2D eigenvalue weighted by Gasteiger charge is -2.23. The fraction of sp³-hybridized carbons (Fsp3) is 0.647. The Kier molecular flexibility index (Phi) is 5.72. The molecule has 1 aliphatic carbocycles. The van der Waals surface area contributed by atoms with E-state index >= 15 is 0 Å². The maximum Gasteiger partial charge on any atom is 0.160 e. The molecule has 0 saturated heterocycles. The van der Waals surface area contributed by atoms with Crippen LogP contribution in [0, 0.1) is 5.92 Å². The molecular weight excluding hydrogens is 250 g/mol. The van der Waals surface area contributed by atoms with Gasteiger partial charge in [-0.1, -0.05) is 31.7 Å². The summed E-state index contributed by atoms with van der Waals surface area (Å²) in [6.45, 7) is 3.09. The lowest BCUT2D eigenvalue weighted by atomic mass is 9.93. The molecule has 1 aromatic carbocycles. The zero-order valence-electron chi connectivity index (χ0n) is 12.7. The van der Waals surface area contributed by atoms with E-state index in [1.807, 2.05) is 12.1 Å². The lowest BCUT2D eigenvalue weighted by molar-refractivity contribution is 0.336. The smallest absolute Gasteiger partial charge is 0.160 e. The lowest BCUT2D eigenvalue weighted by Crippen LogP contribution is -2.32. The number of phenolic OH excluding ortho intramolecular Hbond substituents is 1. The second kappa shape index (κ2) is 7.53. The number of nitrogens with one attached hydrogen (secondary N) is 1. The summed E-state index contributed by atoms with van der Waals surface area (Å²) in [5.74, 6) is 1.55. The normalized spacial score (nSPS) is 18.5. The van der Waals surface area contributed by atoms with Crippen LogP contribution in [-0.4, -0.2) is 18.3 Å². The van der Waals surface area contributed by atoms with Crippen molar-refractivity contribution in [2.24, 2.45) is 5.92 Å². The number of hydrogen-bond donors (Lipinski definition) is 2. The minimum Gasteiger partial charge on any atom is -0.504 e. The Morgan fingerprint density at radius 1 is 1.25 bits per heavy atom. The molecule has 3 heteroatoms. The quantitative estimate of drug-likeness (QED) is 0.803. The highest BCUT2D eigenvalue weighted by Gasteiger charge is 2.18. The summed E-state index contributed by atoms with van der Waals surface area (Å²) in [6, 6.07) is 6.15. The van der Waals surface area contributed by atoms with Crippen molar-refractivity contribution in [2.45, 2.75) is 58.0 Å². The van der Waals surface area contributed by atoms with E-state index in [2.05, 4.69) is 12.2 Å². The van der Waals surface area contributed by atoms with Crippen molar-refractivity contribution in [3.63, 3.8) is 0 Å². The van der Waals surface area contributed by atoms with Crippen molar-refractivity contribution >= 4 is 0 Å². The number of benzene rings is 1. The second-order valence-corrected chi connectivity index (χ2v) is 5.93. The van der Waals surface area contributed by atoms with Gasteiger partial charge < -0.3 is 15.2 Å². The van der Waals surface area contributed by atoms with Crippen molar-refractivity contribution in [3.8, 4) is 11.5 Å². The molecule has 1 aliphatic rings. The van der Waals surface area contributed by atoms with Crippen LogP contribution in [0.1, 0.15) is 51.0 Å². The van der Waals surface area contributed by atoms with Gasteiger partial charge in [-0.15, -0.1) is 0 Å². The molecule has 0 aliphatic heterocycles. The fourth-order valence-corrected chi connectivity index (χ4v) is 3.10. The minimum absolute atomic E-state index is 0.217. The van der Waals surface area contributed by atoms with E-state index in [0.717, 1.165) is 18.0 Å². The maximum atomic E-state index is 9.79. The Balaban J connectivity index is 1.85. The molecule has 20 heavy (non-hydrogen) atoms. The largest absolute Gasteiger partial charge is 0.504 e. The Bertz CT molecular complexity index is 411. The molecular formula is C17H27NO2. The summed E-state index contributed by atoms with van der Waals surface area (Å²) in [5, 5.41) is 13.4. The van der Waals surface area contributed by atoms with Crippen molar-refractivity contribution < 1.29 is 9.84 Å². The third-order valence-electron chi connectivity index (χ3n) is 4.48. The first-order chi connectivity index (χ1) is 9.70. The predicted molar refractivity (Wildman–Crippen MR) is 82.2 cm³/mol. The Labute approximate surface area is 122 Å². The van der Waals surface area contributed by atoms with E-state index in [1.165, 1.54) is 38.5 Å². The molecule has 0 spiro atoms. The topological polar surface area (TPSA) is 41.5 Å². The average Bonchev–Trinajstić information content (AvgIpc) is 2.74. The third-order valence-corrected chi connectivity index (χ3v) is 4.48. The fourth-order valence-electron chi connectivity index (χ4n) is 3.10. The van der Waals surface area contributed by atoms with E-state index in [4.69, 9.17) is 4.74 Å². The number of aromatic hydroxyl groups is 1. The van der Waals surface area contributed by atoms with Crippen LogP contribution < -0.4 is 10.1 Å². The number of ether oxygens (including phenoxy) is 1. The second-order valence-electron chi connectivity index (χ2n) is 5.93. The zero-order chi connectivity index (χ0) is 14.4. The summed E-state index contributed by atoms with van der Waals surface area (Å²) in [4.78, 5) is 0. The van der Waals surface area contributed by atoms with Gasteiger partial charge in [-0.05, 0) is 43.4 Å². The van der Waals surface area contributed by atoms with Gasteiger partial charge in [0.05, 0.1) is 7.11 Å². The van der Waals surface area contributed by atoms with Crippen molar-refractivity contribution in [1.29, 1.82) is 0 Å². The van der Waals surface area contributed by atoms with E-state index in [9.17, 15) is 5.11 Å². The van der Waals surface area contributed by atoms with Crippen LogP contribution in [0.25, 0.3) is 0 Å². The zero-order valence-corrected chi connectivity index (χ0v) is 12.7. The summed E-state index contributed by atoms with van der Waals surface area (Å²) >= 11 is 0. The Morgan fingerprint density at radius 3 is 2.55 bits per heavy atom. The van der Waals surface area contributed by atoms with Crippen LogP contribution in [0.5, 0.6) is 11.5 Å². The molecule has 0 aromatic heterocycles. The number of rotatable bonds is 5. The van der Waals surface area contributed by atoms with Crippen molar-refractivity contribution in [2.75, 3.05) is 7.11 Å².